The number of nitrogens with zero attached hydrogens (tertiary/aromatic N) is 1. The molecule has 3 aliphatic heterocycles. The largest absolute Gasteiger partial charge is 0.507 e. The van der Waals surface area contributed by atoms with E-state index in [9.17, 15) is 14.7 Å². The quantitative estimate of drug-likeness (QED) is 0.325. The number of Topliss-reactive ketones (excluding diaryl/α,β-unsaturated/α-hetero) is 1. The average molecular weight is 493 g/mol. The number of ether oxygens (including phenoxy) is 5. The topological polar surface area (TPSA) is 104 Å². The van der Waals surface area contributed by atoms with E-state index in [1.54, 1.807) is 30.3 Å². The molecule has 1 unspecified atom stereocenters. The van der Waals surface area contributed by atoms with Crippen LogP contribution >= 0.6 is 11.3 Å². The lowest BCUT2D eigenvalue weighted by atomic mass is 9.94. The summed E-state index contributed by atoms with van der Waals surface area (Å²) in [5, 5.41) is 13.2. The molecule has 9 nitrogen and oxygen atoms in total. The second-order valence-corrected chi connectivity index (χ2v) is 9.06. The third-order valence-corrected chi connectivity index (χ3v) is 6.95. The third kappa shape index (κ3) is 3.45. The Labute approximate surface area is 203 Å². The van der Waals surface area contributed by atoms with E-state index < -0.39 is 17.7 Å². The van der Waals surface area contributed by atoms with Gasteiger partial charge in [-0.25, -0.2) is 0 Å². The molecule has 1 atom stereocenters. The summed E-state index contributed by atoms with van der Waals surface area (Å²) in [6.45, 7) is 0.297. The number of ketones is 1. The summed E-state index contributed by atoms with van der Waals surface area (Å²) >= 11 is 1.47. The third-order valence-electron chi connectivity index (χ3n) is 6.09. The number of benzene rings is 2. The fourth-order valence-electron chi connectivity index (χ4n) is 4.47. The van der Waals surface area contributed by atoms with Crippen LogP contribution in [0.25, 0.3) is 5.76 Å². The monoisotopic (exact) mass is 493 g/mol. The molecule has 1 amide bonds. The van der Waals surface area contributed by atoms with Crippen LogP contribution in [0.2, 0.25) is 0 Å². The second-order valence-electron chi connectivity index (χ2n) is 8.03. The highest BCUT2D eigenvalue weighted by Crippen LogP contribution is 2.48. The highest BCUT2D eigenvalue weighted by atomic mass is 32.1. The number of thiophene rings is 1. The van der Waals surface area contributed by atoms with Crippen molar-refractivity contribution in [1.82, 2.24) is 4.90 Å². The number of aliphatic hydroxyl groups is 1. The molecule has 0 radical (unpaired) electrons. The van der Waals surface area contributed by atoms with Gasteiger partial charge in [-0.15, -0.1) is 11.3 Å². The zero-order valence-corrected chi connectivity index (χ0v) is 19.3. The van der Waals surface area contributed by atoms with E-state index in [0.29, 0.717) is 39.9 Å². The molecule has 178 valence electrons. The molecule has 0 spiro atoms. The van der Waals surface area contributed by atoms with Crippen molar-refractivity contribution < 1.29 is 38.4 Å². The van der Waals surface area contributed by atoms with Crippen LogP contribution in [0.3, 0.4) is 0 Å². The predicted molar refractivity (Wildman–Crippen MR) is 124 cm³/mol. The van der Waals surface area contributed by atoms with Gasteiger partial charge < -0.3 is 33.7 Å². The molecule has 4 heterocycles. The van der Waals surface area contributed by atoms with Gasteiger partial charge in [0.1, 0.15) is 5.76 Å². The maximum atomic E-state index is 13.3. The molecular formula is C25H19NO8S. The van der Waals surface area contributed by atoms with Crippen LogP contribution in [0.15, 0.2) is 53.4 Å². The van der Waals surface area contributed by atoms with Crippen molar-refractivity contribution in [1.29, 1.82) is 0 Å². The molecule has 35 heavy (non-hydrogen) atoms. The Kier molecular flexibility index (Phi) is 5.03. The summed E-state index contributed by atoms with van der Waals surface area (Å²) in [5.74, 6) is 0.476. The number of hydrogen-bond donors (Lipinski definition) is 1. The lowest BCUT2D eigenvalue weighted by Crippen LogP contribution is -2.28. The first-order chi connectivity index (χ1) is 17.0. The van der Waals surface area contributed by atoms with Gasteiger partial charge >= 0.3 is 0 Å². The van der Waals surface area contributed by atoms with Crippen molar-refractivity contribution in [2.45, 2.75) is 12.6 Å². The average Bonchev–Trinajstić information content (AvgIpc) is 3.67. The summed E-state index contributed by atoms with van der Waals surface area (Å²) in [5.41, 5.74) is 0.844. The number of carbonyl (C=O) groups excluding carboxylic acids is 2. The maximum absolute atomic E-state index is 13.3. The second kappa shape index (κ2) is 8.24. The Morgan fingerprint density at radius 1 is 1.06 bits per heavy atom. The first-order valence-electron chi connectivity index (χ1n) is 10.7. The number of likely N-dealkylation sites (tertiary alicyclic amines) is 1. The Balaban J connectivity index is 1.52. The van der Waals surface area contributed by atoms with Crippen LogP contribution in [0.4, 0.5) is 0 Å². The molecule has 0 aliphatic carbocycles. The molecule has 1 saturated heterocycles. The van der Waals surface area contributed by atoms with Crippen LogP contribution in [0, 0.1) is 0 Å². The van der Waals surface area contributed by atoms with Gasteiger partial charge in [-0.1, -0.05) is 6.07 Å². The molecule has 1 aromatic heterocycles. The summed E-state index contributed by atoms with van der Waals surface area (Å²) in [6.07, 6.45) is 0. The molecule has 0 bridgehead atoms. The van der Waals surface area contributed by atoms with E-state index >= 15 is 0 Å². The molecule has 2 aromatic carbocycles. The summed E-state index contributed by atoms with van der Waals surface area (Å²) in [7, 11) is 1.50. The standard InChI is InChI=1S/C25H19NO8S/c1-30-18-8-14(9-19-24(18)34-12-33-19)21-20(22(27)13-4-5-16-17(7-13)32-11-31-16)23(28)25(29)26(21)10-15-3-2-6-35-15/h2-9,21,27H,10-12H2,1H3/b22-20+. The number of amides is 1. The summed E-state index contributed by atoms with van der Waals surface area (Å²) in [6, 6.07) is 11.1. The molecule has 10 heteroatoms. The number of hydrogen-bond acceptors (Lipinski definition) is 9. The van der Waals surface area contributed by atoms with Gasteiger partial charge in [0.2, 0.25) is 19.3 Å². The Bertz CT molecular complexity index is 1380. The molecule has 3 aromatic rings. The van der Waals surface area contributed by atoms with Gasteiger partial charge in [0.25, 0.3) is 11.7 Å². The SMILES string of the molecule is COc1cc(C2/C(=C(\O)c3ccc4c(c3)OCO4)C(=O)C(=O)N2Cc2cccs2)cc2c1OCO2. The smallest absolute Gasteiger partial charge is 0.295 e. The predicted octanol–water partition coefficient (Wildman–Crippen LogP) is 3.84. The highest BCUT2D eigenvalue weighted by Gasteiger charge is 2.47. The zero-order chi connectivity index (χ0) is 24.1. The first kappa shape index (κ1) is 21.4. The minimum atomic E-state index is -0.883. The van der Waals surface area contributed by atoms with Crippen LogP contribution in [-0.2, 0) is 16.1 Å². The van der Waals surface area contributed by atoms with E-state index in [1.807, 2.05) is 17.5 Å². The van der Waals surface area contributed by atoms with Crippen molar-refractivity contribution in [3.8, 4) is 28.7 Å². The Morgan fingerprint density at radius 3 is 2.66 bits per heavy atom. The summed E-state index contributed by atoms with van der Waals surface area (Å²) < 4.78 is 27.3. The van der Waals surface area contributed by atoms with E-state index in [1.165, 1.54) is 23.3 Å². The van der Waals surface area contributed by atoms with E-state index in [0.717, 1.165) is 4.88 Å². The fourth-order valence-corrected chi connectivity index (χ4v) is 5.17. The maximum Gasteiger partial charge on any atom is 0.295 e. The minimum Gasteiger partial charge on any atom is -0.507 e. The Hall–Kier alpha value is -4.18. The number of fused-ring (bicyclic) bond motifs is 2. The van der Waals surface area contributed by atoms with Crippen molar-refractivity contribution in [2.75, 3.05) is 20.7 Å². The van der Waals surface area contributed by atoms with Gasteiger partial charge in [0, 0.05) is 10.4 Å². The van der Waals surface area contributed by atoms with Crippen molar-refractivity contribution in [3.05, 3.63) is 69.4 Å². The number of methoxy groups -OCH3 is 1. The number of carbonyl (C=O) groups is 2. The molecule has 0 saturated carbocycles. The van der Waals surface area contributed by atoms with Gasteiger partial charge in [-0.3, -0.25) is 9.59 Å². The number of rotatable bonds is 5. The molecular weight excluding hydrogens is 474 g/mol. The molecule has 1 N–H and O–H groups in total. The van der Waals surface area contributed by atoms with Gasteiger partial charge in [0.15, 0.2) is 23.0 Å². The zero-order valence-electron chi connectivity index (χ0n) is 18.5. The molecule has 6 rings (SSSR count). The van der Waals surface area contributed by atoms with Gasteiger partial charge in [-0.05, 0) is 47.3 Å². The number of aliphatic hydroxyl groups excluding tert-OH is 1. The minimum absolute atomic E-state index is 0.0295. The Morgan fingerprint density at radius 2 is 1.86 bits per heavy atom. The van der Waals surface area contributed by atoms with Gasteiger partial charge in [0.05, 0.1) is 25.3 Å². The van der Waals surface area contributed by atoms with Crippen LogP contribution in [0.5, 0.6) is 28.7 Å². The van der Waals surface area contributed by atoms with Crippen molar-refractivity contribution in [2.24, 2.45) is 0 Å². The lowest BCUT2D eigenvalue weighted by molar-refractivity contribution is -0.140. The van der Waals surface area contributed by atoms with E-state index in [2.05, 4.69) is 0 Å². The van der Waals surface area contributed by atoms with Gasteiger partial charge in [-0.2, -0.15) is 0 Å². The fraction of sp³-hybridized carbons (Fsp3) is 0.200. The van der Waals surface area contributed by atoms with Crippen LogP contribution in [0.1, 0.15) is 22.0 Å². The lowest BCUT2D eigenvalue weighted by Gasteiger charge is -2.25. The molecule has 1 fully saturated rings. The highest BCUT2D eigenvalue weighted by molar-refractivity contribution is 7.09. The van der Waals surface area contributed by atoms with Crippen LogP contribution < -0.4 is 23.7 Å². The van der Waals surface area contributed by atoms with Crippen molar-refractivity contribution >= 4 is 28.8 Å². The molecule has 3 aliphatic rings. The van der Waals surface area contributed by atoms with E-state index in [-0.39, 0.29) is 31.5 Å². The first-order valence-corrected chi connectivity index (χ1v) is 11.6. The van der Waals surface area contributed by atoms with Crippen molar-refractivity contribution in [3.63, 3.8) is 0 Å². The van der Waals surface area contributed by atoms with E-state index in [4.69, 9.17) is 23.7 Å². The normalized spacial score (nSPS) is 19.5. The summed E-state index contributed by atoms with van der Waals surface area (Å²) in [4.78, 5) is 28.9. The van der Waals surface area contributed by atoms with Crippen LogP contribution in [-0.4, -0.2) is 42.4 Å².